The van der Waals surface area contributed by atoms with Crippen LogP contribution in [0.2, 0.25) is 0 Å². The largest absolute Gasteiger partial charge is 0.462 e. The average molecular weight is 482 g/mol. The number of esters is 1. The van der Waals surface area contributed by atoms with Crippen LogP contribution in [0.15, 0.2) is 35.2 Å². The van der Waals surface area contributed by atoms with Crippen molar-refractivity contribution in [3.63, 3.8) is 0 Å². The molecule has 0 bridgehead atoms. The van der Waals surface area contributed by atoms with Crippen LogP contribution in [0.1, 0.15) is 46.9 Å². The Labute approximate surface area is 197 Å². The number of ether oxygens (including phenoxy) is 1. The molecule has 34 heavy (non-hydrogen) atoms. The van der Waals surface area contributed by atoms with E-state index in [4.69, 9.17) is 10.00 Å². The minimum absolute atomic E-state index is 0.155. The number of hydrogen-bond donors (Lipinski definition) is 1. The number of sulfonamides is 1. The van der Waals surface area contributed by atoms with Gasteiger partial charge in [-0.25, -0.2) is 22.9 Å². The zero-order valence-electron chi connectivity index (χ0n) is 18.7. The fourth-order valence-corrected chi connectivity index (χ4v) is 4.78. The number of nitriles is 2. The monoisotopic (exact) mass is 481 g/mol. The zero-order chi connectivity index (χ0) is 24.9. The van der Waals surface area contributed by atoms with Crippen molar-refractivity contribution in [1.29, 1.82) is 10.5 Å². The molecule has 11 heteroatoms. The van der Waals surface area contributed by atoms with Gasteiger partial charge < -0.3 is 9.64 Å². The second-order valence-corrected chi connectivity index (χ2v) is 9.38. The number of amides is 1. The summed E-state index contributed by atoms with van der Waals surface area (Å²) >= 11 is 0. The van der Waals surface area contributed by atoms with Gasteiger partial charge in [0.25, 0.3) is 10.0 Å². The van der Waals surface area contributed by atoms with Crippen molar-refractivity contribution in [2.24, 2.45) is 5.92 Å². The number of aryl methyl sites for hydroxylation is 1. The van der Waals surface area contributed by atoms with Crippen LogP contribution in [0, 0.1) is 35.5 Å². The number of carbonyl (C=O) groups excluding carboxylic acids is 2. The van der Waals surface area contributed by atoms with Crippen LogP contribution < -0.4 is 9.62 Å². The van der Waals surface area contributed by atoms with E-state index in [1.807, 2.05) is 11.0 Å². The third-order valence-electron chi connectivity index (χ3n) is 5.48. The zero-order valence-corrected chi connectivity index (χ0v) is 19.6. The predicted octanol–water partition coefficient (Wildman–Crippen LogP) is 2.03. The molecule has 1 aliphatic heterocycles. The number of nitrogens with zero attached hydrogens (tertiary/aromatic N) is 4. The van der Waals surface area contributed by atoms with Gasteiger partial charge in [-0.3, -0.25) is 4.79 Å². The van der Waals surface area contributed by atoms with E-state index < -0.39 is 27.8 Å². The molecule has 1 N–H and O–H groups in total. The third-order valence-corrected chi connectivity index (χ3v) is 6.83. The lowest BCUT2D eigenvalue weighted by atomic mass is 9.96. The fraction of sp³-hybridized carbons (Fsp3) is 0.348. The van der Waals surface area contributed by atoms with E-state index in [-0.39, 0.29) is 28.2 Å². The number of aromatic nitrogens is 1. The molecule has 10 nitrogen and oxygen atoms in total. The first kappa shape index (κ1) is 24.7. The van der Waals surface area contributed by atoms with Crippen molar-refractivity contribution in [1.82, 2.24) is 9.71 Å². The summed E-state index contributed by atoms with van der Waals surface area (Å²) in [5, 5.41) is 18.5. The Hall–Kier alpha value is -3.96. The summed E-state index contributed by atoms with van der Waals surface area (Å²) in [6.07, 6.45) is 0.704. The highest BCUT2D eigenvalue weighted by Gasteiger charge is 2.30. The van der Waals surface area contributed by atoms with Crippen molar-refractivity contribution < 1.29 is 22.7 Å². The molecule has 0 radical (unpaired) electrons. The molecule has 1 aromatic heterocycles. The van der Waals surface area contributed by atoms with Gasteiger partial charge >= 0.3 is 5.97 Å². The van der Waals surface area contributed by atoms with Gasteiger partial charge in [-0.1, -0.05) is 6.07 Å². The van der Waals surface area contributed by atoms with E-state index in [1.54, 1.807) is 13.8 Å². The summed E-state index contributed by atoms with van der Waals surface area (Å²) in [7, 11) is -4.10. The smallest absolute Gasteiger partial charge is 0.340 e. The highest BCUT2D eigenvalue weighted by atomic mass is 32.2. The molecule has 2 heterocycles. The number of carbonyl (C=O) groups is 2. The molecule has 3 rings (SSSR count). The molecule has 0 atom stereocenters. The lowest BCUT2D eigenvalue weighted by molar-refractivity contribution is -0.123. The molecule has 1 fully saturated rings. The van der Waals surface area contributed by atoms with Crippen LogP contribution >= 0.6 is 0 Å². The Morgan fingerprint density at radius 1 is 1.21 bits per heavy atom. The Kier molecular flexibility index (Phi) is 7.49. The van der Waals surface area contributed by atoms with Gasteiger partial charge in [-0.2, -0.15) is 10.5 Å². The number of nitrogens with one attached hydrogen (secondary N) is 1. The van der Waals surface area contributed by atoms with Gasteiger partial charge in [0, 0.05) is 19.0 Å². The summed E-state index contributed by atoms with van der Waals surface area (Å²) in [6.45, 7) is 4.30. The SMILES string of the molecule is CCOC(=O)c1cc(C#N)c(N2CCC(C(=O)NS(=O)(=O)c3cccc(C#N)c3)CC2)nc1C. The number of rotatable bonds is 6. The summed E-state index contributed by atoms with van der Waals surface area (Å²) in [5.41, 5.74) is 1.05. The van der Waals surface area contributed by atoms with E-state index in [9.17, 15) is 23.3 Å². The number of pyridine rings is 1. The average Bonchev–Trinajstić information content (AvgIpc) is 2.83. The number of piperidine rings is 1. The van der Waals surface area contributed by atoms with E-state index in [2.05, 4.69) is 15.8 Å². The first-order valence-electron chi connectivity index (χ1n) is 10.6. The Morgan fingerprint density at radius 2 is 1.91 bits per heavy atom. The van der Waals surface area contributed by atoms with Crippen molar-refractivity contribution >= 4 is 27.7 Å². The molecule has 1 saturated heterocycles. The Morgan fingerprint density at radius 3 is 2.53 bits per heavy atom. The molecule has 1 amide bonds. The van der Waals surface area contributed by atoms with Crippen LogP contribution in [0.5, 0.6) is 0 Å². The van der Waals surface area contributed by atoms with Crippen LogP contribution in [-0.2, 0) is 19.6 Å². The second-order valence-electron chi connectivity index (χ2n) is 7.70. The van der Waals surface area contributed by atoms with Gasteiger partial charge in [0.2, 0.25) is 5.91 Å². The fourth-order valence-electron chi connectivity index (χ4n) is 3.69. The van der Waals surface area contributed by atoms with E-state index >= 15 is 0 Å². The molecule has 0 aliphatic carbocycles. The molecule has 0 saturated carbocycles. The molecule has 2 aromatic rings. The summed E-state index contributed by atoms with van der Waals surface area (Å²) < 4.78 is 32.2. The van der Waals surface area contributed by atoms with E-state index in [1.165, 1.54) is 30.3 Å². The first-order valence-corrected chi connectivity index (χ1v) is 12.1. The molecule has 0 spiro atoms. The number of anilines is 1. The quantitative estimate of drug-likeness (QED) is 0.610. The number of benzene rings is 1. The first-order chi connectivity index (χ1) is 16.2. The van der Waals surface area contributed by atoms with E-state index in [0.29, 0.717) is 37.4 Å². The Balaban J connectivity index is 1.70. The highest BCUT2D eigenvalue weighted by molar-refractivity contribution is 7.90. The standard InChI is InChI=1S/C23H23N5O5S/c1-3-33-23(30)20-12-18(14-25)21(26-15(20)2)28-9-7-17(8-10-28)22(29)27-34(31,32)19-6-4-5-16(11-19)13-24/h4-6,11-12,17H,3,7-10H2,1-2H3,(H,27,29). The molecular weight excluding hydrogens is 458 g/mol. The Bertz CT molecular complexity index is 1300. The summed E-state index contributed by atoms with van der Waals surface area (Å²) in [6, 6.07) is 10.8. The molecule has 1 aliphatic rings. The van der Waals surface area contributed by atoms with Crippen LogP contribution in [0.4, 0.5) is 5.82 Å². The van der Waals surface area contributed by atoms with Gasteiger partial charge in [-0.05, 0) is 51.0 Å². The highest BCUT2D eigenvalue weighted by Crippen LogP contribution is 2.27. The third kappa shape index (κ3) is 5.33. The van der Waals surface area contributed by atoms with Crippen molar-refractivity contribution in [2.45, 2.75) is 31.6 Å². The van der Waals surface area contributed by atoms with Gasteiger partial charge in [0.1, 0.15) is 11.9 Å². The lowest BCUT2D eigenvalue weighted by Crippen LogP contribution is -2.42. The molecule has 0 unspecified atom stereocenters. The molecular formula is C23H23N5O5S. The normalized spacial score (nSPS) is 14.1. The van der Waals surface area contributed by atoms with Crippen LogP contribution in [0.25, 0.3) is 0 Å². The molecule has 176 valence electrons. The van der Waals surface area contributed by atoms with Gasteiger partial charge in [-0.15, -0.1) is 0 Å². The minimum Gasteiger partial charge on any atom is -0.462 e. The minimum atomic E-state index is -4.10. The summed E-state index contributed by atoms with van der Waals surface area (Å²) in [4.78, 5) is 30.9. The van der Waals surface area contributed by atoms with Crippen LogP contribution in [-0.4, -0.2) is 45.0 Å². The number of hydrogen-bond acceptors (Lipinski definition) is 9. The summed E-state index contributed by atoms with van der Waals surface area (Å²) in [5.74, 6) is -1.31. The van der Waals surface area contributed by atoms with Gasteiger partial charge in [0.15, 0.2) is 0 Å². The second kappa shape index (κ2) is 10.3. The van der Waals surface area contributed by atoms with Crippen molar-refractivity contribution in [3.05, 3.63) is 52.7 Å². The van der Waals surface area contributed by atoms with Gasteiger partial charge in [0.05, 0.1) is 40.0 Å². The van der Waals surface area contributed by atoms with E-state index in [0.717, 1.165) is 0 Å². The maximum atomic E-state index is 12.6. The van der Waals surface area contributed by atoms with Crippen molar-refractivity contribution in [2.75, 3.05) is 24.6 Å². The maximum Gasteiger partial charge on any atom is 0.340 e. The van der Waals surface area contributed by atoms with Crippen LogP contribution in [0.3, 0.4) is 0 Å². The molecule has 1 aromatic carbocycles. The maximum absolute atomic E-state index is 12.6. The predicted molar refractivity (Wildman–Crippen MR) is 121 cm³/mol. The van der Waals surface area contributed by atoms with Crippen molar-refractivity contribution in [3.8, 4) is 12.1 Å². The lowest BCUT2D eigenvalue weighted by Gasteiger charge is -2.32. The topological polar surface area (TPSA) is 153 Å².